The Hall–Kier alpha value is -2.15. The molecule has 1 fully saturated rings. The molecule has 1 aliphatic rings. The molecule has 0 radical (unpaired) electrons. The summed E-state index contributed by atoms with van der Waals surface area (Å²) in [6.07, 6.45) is 3.69. The van der Waals surface area contributed by atoms with E-state index in [-0.39, 0.29) is 12.6 Å². The van der Waals surface area contributed by atoms with Gasteiger partial charge in [0.15, 0.2) is 5.65 Å². The summed E-state index contributed by atoms with van der Waals surface area (Å²) in [5.41, 5.74) is 1.69. The number of aliphatic hydroxyl groups excluding tert-OH is 1. The van der Waals surface area contributed by atoms with Gasteiger partial charge in [-0.1, -0.05) is 0 Å². The molecule has 118 valence electrons. The number of nitrogens with zero attached hydrogens (tertiary/aromatic N) is 3. The van der Waals surface area contributed by atoms with E-state index in [1.807, 2.05) is 27.0 Å². The SMILES string of the molecule is Cc1nn(C)c2ncc(NC(=O)NC(C)(CO)C3CC3)cc12. The van der Waals surface area contributed by atoms with Gasteiger partial charge in [0.25, 0.3) is 0 Å². The molecule has 0 bridgehead atoms. The number of carbonyl (C=O) groups is 1. The third kappa shape index (κ3) is 2.64. The first-order chi connectivity index (χ1) is 10.4. The van der Waals surface area contributed by atoms with E-state index >= 15 is 0 Å². The number of aliphatic hydroxyl groups is 1. The van der Waals surface area contributed by atoms with Crippen molar-refractivity contribution in [3.63, 3.8) is 0 Å². The van der Waals surface area contributed by atoms with Gasteiger partial charge in [0.05, 0.1) is 29.7 Å². The minimum Gasteiger partial charge on any atom is -0.394 e. The Morgan fingerprint density at radius 3 is 2.91 bits per heavy atom. The lowest BCUT2D eigenvalue weighted by Gasteiger charge is -2.28. The van der Waals surface area contributed by atoms with Crippen LogP contribution in [-0.2, 0) is 7.05 Å². The number of hydrogen-bond donors (Lipinski definition) is 3. The first-order valence-corrected chi connectivity index (χ1v) is 7.42. The van der Waals surface area contributed by atoms with Gasteiger partial charge in [-0.3, -0.25) is 4.68 Å². The predicted octanol–water partition coefficient (Wildman–Crippen LogP) is 1.56. The molecule has 7 heteroatoms. The van der Waals surface area contributed by atoms with Crippen molar-refractivity contribution in [1.29, 1.82) is 0 Å². The van der Waals surface area contributed by atoms with Gasteiger partial charge in [0.2, 0.25) is 0 Å². The number of hydrogen-bond acceptors (Lipinski definition) is 4. The minimum absolute atomic E-state index is 0.0654. The van der Waals surface area contributed by atoms with Gasteiger partial charge in [0, 0.05) is 12.4 Å². The predicted molar refractivity (Wildman–Crippen MR) is 83.6 cm³/mol. The summed E-state index contributed by atoms with van der Waals surface area (Å²) < 4.78 is 1.71. The Morgan fingerprint density at radius 1 is 1.55 bits per heavy atom. The van der Waals surface area contributed by atoms with E-state index in [1.165, 1.54) is 0 Å². The first kappa shape index (κ1) is 14.8. The maximum absolute atomic E-state index is 12.2. The molecular formula is C15H21N5O2. The quantitative estimate of drug-likeness (QED) is 0.799. The molecule has 0 aromatic carbocycles. The summed E-state index contributed by atoms with van der Waals surface area (Å²) in [5, 5.41) is 20.4. The van der Waals surface area contributed by atoms with Crippen molar-refractivity contribution in [2.24, 2.45) is 13.0 Å². The molecule has 1 atom stereocenters. The number of aromatic nitrogens is 3. The van der Waals surface area contributed by atoms with Crippen molar-refractivity contribution in [3.05, 3.63) is 18.0 Å². The van der Waals surface area contributed by atoms with Gasteiger partial charge in [-0.25, -0.2) is 9.78 Å². The fourth-order valence-electron chi connectivity index (χ4n) is 2.79. The summed E-state index contributed by atoms with van der Waals surface area (Å²) in [6, 6.07) is 1.53. The second kappa shape index (κ2) is 5.24. The highest BCUT2D eigenvalue weighted by Gasteiger charge is 2.42. The Bertz CT molecular complexity index is 722. The lowest BCUT2D eigenvalue weighted by Crippen LogP contribution is -2.52. The van der Waals surface area contributed by atoms with Crippen LogP contribution in [0.5, 0.6) is 0 Å². The highest BCUT2D eigenvalue weighted by molar-refractivity contribution is 5.92. The van der Waals surface area contributed by atoms with Crippen molar-refractivity contribution < 1.29 is 9.90 Å². The molecule has 2 aromatic rings. The molecule has 7 nitrogen and oxygen atoms in total. The molecule has 1 aliphatic carbocycles. The monoisotopic (exact) mass is 303 g/mol. The zero-order valence-corrected chi connectivity index (χ0v) is 13.1. The number of fused-ring (bicyclic) bond motifs is 1. The molecule has 0 spiro atoms. The largest absolute Gasteiger partial charge is 0.394 e. The lowest BCUT2D eigenvalue weighted by molar-refractivity contribution is 0.159. The van der Waals surface area contributed by atoms with Gasteiger partial charge in [-0.2, -0.15) is 5.10 Å². The van der Waals surface area contributed by atoms with Crippen LogP contribution in [0.25, 0.3) is 11.0 Å². The number of aryl methyl sites for hydroxylation is 2. The fraction of sp³-hybridized carbons (Fsp3) is 0.533. The van der Waals surface area contributed by atoms with E-state index in [9.17, 15) is 9.90 Å². The van der Waals surface area contributed by atoms with Crippen LogP contribution in [-0.4, -0.2) is 38.0 Å². The van der Waals surface area contributed by atoms with Crippen molar-refractivity contribution >= 4 is 22.8 Å². The highest BCUT2D eigenvalue weighted by Crippen LogP contribution is 2.39. The minimum atomic E-state index is -0.564. The molecular weight excluding hydrogens is 282 g/mol. The van der Waals surface area contributed by atoms with E-state index in [0.29, 0.717) is 11.6 Å². The van der Waals surface area contributed by atoms with Crippen molar-refractivity contribution in [1.82, 2.24) is 20.1 Å². The maximum Gasteiger partial charge on any atom is 0.319 e. The Kier molecular flexibility index (Phi) is 3.52. The summed E-state index contributed by atoms with van der Waals surface area (Å²) in [7, 11) is 1.84. The average Bonchev–Trinajstić information content (AvgIpc) is 3.28. The molecule has 2 aromatic heterocycles. The van der Waals surface area contributed by atoms with Crippen LogP contribution in [0.2, 0.25) is 0 Å². The van der Waals surface area contributed by atoms with E-state index in [4.69, 9.17) is 0 Å². The molecule has 0 aliphatic heterocycles. The molecule has 2 amide bonds. The smallest absolute Gasteiger partial charge is 0.319 e. The van der Waals surface area contributed by atoms with E-state index in [1.54, 1.807) is 10.9 Å². The standard InChI is InChI=1S/C15H21N5O2/c1-9-12-6-11(7-16-13(12)20(3)19-9)17-14(22)18-15(2,8-21)10-4-5-10/h6-7,10,21H,4-5,8H2,1-3H3,(H2,17,18,22). The van der Waals surface area contributed by atoms with Crippen LogP contribution in [0.1, 0.15) is 25.5 Å². The first-order valence-electron chi connectivity index (χ1n) is 7.42. The molecule has 22 heavy (non-hydrogen) atoms. The number of carbonyl (C=O) groups excluding carboxylic acids is 1. The van der Waals surface area contributed by atoms with Crippen LogP contribution in [0.15, 0.2) is 12.3 Å². The van der Waals surface area contributed by atoms with E-state index < -0.39 is 5.54 Å². The molecule has 2 heterocycles. The van der Waals surface area contributed by atoms with E-state index in [2.05, 4.69) is 20.7 Å². The number of urea groups is 1. The van der Waals surface area contributed by atoms with Gasteiger partial charge >= 0.3 is 6.03 Å². The van der Waals surface area contributed by atoms with Crippen LogP contribution < -0.4 is 10.6 Å². The normalized spacial score (nSPS) is 17.3. The molecule has 3 rings (SSSR count). The van der Waals surface area contributed by atoms with Crippen LogP contribution in [0, 0.1) is 12.8 Å². The number of amides is 2. The molecule has 0 saturated heterocycles. The van der Waals surface area contributed by atoms with Crippen LogP contribution in [0.4, 0.5) is 10.5 Å². The van der Waals surface area contributed by atoms with Gasteiger partial charge in [0.1, 0.15) is 0 Å². The van der Waals surface area contributed by atoms with Gasteiger partial charge in [-0.05, 0) is 38.7 Å². The second-order valence-electron chi connectivity index (χ2n) is 6.23. The Labute approximate surface area is 128 Å². The van der Waals surface area contributed by atoms with Crippen LogP contribution >= 0.6 is 0 Å². The summed E-state index contributed by atoms with van der Waals surface area (Å²) in [6.45, 7) is 3.71. The van der Waals surface area contributed by atoms with Gasteiger partial charge in [-0.15, -0.1) is 0 Å². The molecule has 3 N–H and O–H groups in total. The highest BCUT2D eigenvalue weighted by atomic mass is 16.3. The van der Waals surface area contributed by atoms with Crippen molar-refractivity contribution in [2.45, 2.75) is 32.2 Å². The Morgan fingerprint density at radius 2 is 2.27 bits per heavy atom. The third-order valence-electron chi connectivity index (χ3n) is 4.33. The van der Waals surface area contributed by atoms with Crippen LogP contribution in [0.3, 0.4) is 0 Å². The van der Waals surface area contributed by atoms with Crippen molar-refractivity contribution in [2.75, 3.05) is 11.9 Å². The number of nitrogens with one attached hydrogen (secondary N) is 2. The number of rotatable bonds is 4. The molecule has 1 unspecified atom stereocenters. The summed E-state index contributed by atoms with van der Waals surface area (Å²) >= 11 is 0. The van der Waals surface area contributed by atoms with E-state index in [0.717, 1.165) is 29.6 Å². The Balaban J connectivity index is 1.75. The van der Waals surface area contributed by atoms with Crippen molar-refractivity contribution in [3.8, 4) is 0 Å². The summed E-state index contributed by atoms with van der Waals surface area (Å²) in [4.78, 5) is 16.5. The number of pyridine rings is 1. The molecule has 1 saturated carbocycles. The zero-order valence-electron chi connectivity index (χ0n) is 13.1. The van der Waals surface area contributed by atoms with Gasteiger partial charge < -0.3 is 15.7 Å². The number of anilines is 1. The zero-order chi connectivity index (χ0) is 15.9. The second-order valence-corrected chi connectivity index (χ2v) is 6.23. The average molecular weight is 303 g/mol. The fourth-order valence-corrected chi connectivity index (χ4v) is 2.79. The topological polar surface area (TPSA) is 92.1 Å². The lowest BCUT2D eigenvalue weighted by atomic mass is 9.97. The third-order valence-corrected chi connectivity index (χ3v) is 4.33. The summed E-state index contributed by atoms with van der Waals surface area (Å²) in [5.74, 6) is 0.351. The maximum atomic E-state index is 12.2.